The minimum Gasteiger partial charge on any atom is -0.382 e. The van der Waals surface area contributed by atoms with Crippen molar-refractivity contribution < 1.29 is 4.79 Å². The molecular formula is C23H22N8O. The molecule has 0 unspecified atom stereocenters. The molecule has 0 aliphatic heterocycles. The predicted octanol–water partition coefficient (Wildman–Crippen LogP) is 2.87. The Morgan fingerprint density at radius 1 is 1.19 bits per heavy atom. The second-order valence-corrected chi connectivity index (χ2v) is 7.56. The Bertz CT molecular complexity index is 1290. The third kappa shape index (κ3) is 4.54. The molecule has 4 heterocycles. The van der Waals surface area contributed by atoms with Gasteiger partial charge in [-0.25, -0.2) is 9.97 Å². The molecule has 9 heteroatoms. The van der Waals surface area contributed by atoms with E-state index in [-0.39, 0.29) is 11.9 Å². The van der Waals surface area contributed by atoms with Crippen molar-refractivity contribution in [3.63, 3.8) is 0 Å². The number of nitrogens with zero attached hydrogens (tertiary/aromatic N) is 6. The Morgan fingerprint density at radius 2 is 2.06 bits per heavy atom. The molecule has 0 radical (unpaired) electrons. The molecule has 0 saturated heterocycles. The summed E-state index contributed by atoms with van der Waals surface area (Å²) in [5.41, 5.74) is 3.21. The van der Waals surface area contributed by atoms with E-state index >= 15 is 0 Å². The first-order valence-electron chi connectivity index (χ1n) is 10.2. The van der Waals surface area contributed by atoms with Crippen molar-refractivity contribution in [2.24, 2.45) is 0 Å². The first-order chi connectivity index (χ1) is 15.5. The number of rotatable bonds is 7. The number of anilines is 1. The van der Waals surface area contributed by atoms with Crippen molar-refractivity contribution in [1.29, 1.82) is 5.26 Å². The largest absolute Gasteiger partial charge is 0.382 e. The van der Waals surface area contributed by atoms with Gasteiger partial charge in [-0.2, -0.15) is 15.0 Å². The molecule has 32 heavy (non-hydrogen) atoms. The van der Waals surface area contributed by atoms with Gasteiger partial charge in [-0.1, -0.05) is 6.07 Å². The lowest BCUT2D eigenvalue weighted by Gasteiger charge is -2.16. The Kier molecular flexibility index (Phi) is 6.03. The molecule has 1 amide bonds. The van der Waals surface area contributed by atoms with Crippen molar-refractivity contribution in [3.05, 3.63) is 71.9 Å². The molecule has 0 spiro atoms. The average molecular weight is 426 g/mol. The summed E-state index contributed by atoms with van der Waals surface area (Å²) in [6, 6.07) is 9.54. The van der Waals surface area contributed by atoms with E-state index in [9.17, 15) is 4.79 Å². The summed E-state index contributed by atoms with van der Waals surface area (Å²) in [6.07, 6.45) is 8.87. The van der Waals surface area contributed by atoms with Crippen LogP contribution in [0.3, 0.4) is 0 Å². The first kappa shape index (κ1) is 20.9. The molecule has 9 nitrogen and oxygen atoms in total. The van der Waals surface area contributed by atoms with Crippen LogP contribution in [-0.4, -0.2) is 43.2 Å². The van der Waals surface area contributed by atoms with Gasteiger partial charge in [-0.05, 0) is 38.0 Å². The zero-order valence-electron chi connectivity index (χ0n) is 17.8. The average Bonchev–Trinajstić information content (AvgIpc) is 3.22. The van der Waals surface area contributed by atoms with E-state index < -0.39 is 0 Å². The fraction of sp³-hybridized carbons (Fsp3) is 0.217. The van der Waals surface area contributed by atoms with Crippen molar-refractivity contribution in [1.82, 2.24) is 30.0 Å². The lowest BCUT2D eigenvalue weighted by molar-refractivity contribution is 0.0954. The number of carbonyl (C=O) groups excluding carboxylic acids is 1. The normalized spacial score (nSPS) is 10.8. The van der Waals surface area contributed by atoms with E-state index in [4.69, 9.17) is 5.26 Å². The van der Waals surface area contributed by atoms with E-state index in [1.165, 1.54) is 12.4 Å². The number of fused-ring (bicyclic) bond motifs is 1. The van der Waals surface area contributed by atoms with Crippen LogP contribution in [0.25, 0.3) is 16.9 Å². The molecule has 0 atom stereocenters. The van der Waals surface area contributed by atoms with E-state index in [0.717, 1.165) is 10.9 Å². The van der Waals surface area contributed by atoms with Crippen molar-refractivity contribution in [2.45, 2.75) is 26.3 Å². The van der Waals surface area contributed by atoms with E-state index in [1.807, 2.05) is 26.0 Å². The minimum atomic E-state index is -0.210. The van der Waals surface area contributed by atoms with Gasteiger partial charge < -0.3 is 10.6 Å². The van der Waals surface area contributed by atoms with Crippen LogP contribution in [0.1, 0.15) is 35.3 Å². The van der Waals surface area contributed by atoms with Gasteiger partial charge in [0.15, 0.2) is 11.5 Å². The maximum Gasteiger partial charge on any atom is 0.254 e. The number of amides is 1. The standard InChI is InChI=1S/C23H22N8O/c1-15(2)30-20-9-21(31-22-18(13-29-31)8-17(10-24)12-28-22)27-14-19(20)23(32)26-7-5-16-4-3-6-25-11-16/h3-4,6,8-9,11-15H,5,7H2,1-2H3,(H,26,32)(H,27,30). The van der Waals surface area contributed by atoms with Crippen molar-refractivity contribution >= 4 is 22.6 Å². The molecule has 4 aromatic rings. The second-order valence-electron chi connectivity index (χ2n) is 7.56. The maximum atomic E-state index is 12.8. The van der Waals surface area contributed by atoms with Crippen molar-refractivity contribution in [3.8, 4) is 11.9 Å². The number of nitriles is 1. The van der Waals surface area contributed by atoms with Crippen LogP contribution in [0.15, 0.2) is 55.2 Å². The summed E-state index contributed by atoms with van der Waals surface area (Å²) >= 11 is 0. The van der Waals surface area contributed by atoms with E-state index in [0.29, 0.717) is 41.2 Å². The van der Waals surface area contributed by atoms with Crippen LogP contribution in [0, 0.1) is 11.3 Å². The SMILES string of the molecule is CC(C)Nc1cc(-n2ncc3cc(C#N)cnc32)ncc1C(=O)NCCc1cccnc1. The summed E-state index contributed by atoms with van der Waals surface area (Å²) < 4.78 is 1.59. The van der Waals surface area contributed by atoms with Gasteiger partial charge in [0.2, 0.25) is 0 Å². The molecule has 4 rings (SSSR count). The summed E-state index contributed by atoms with van der Waals surface area (Å²) in [6.45, 7) is 4.49. The Balaban J connectivity index is 1.59. The number of carbonyl (C=O) groups is 1. The topological polar surface area (TPSA) is 121 Å². The highest BCUT2D eigenvalue weighted by molar-refractivity contribution is 5.99. The molecule has 0 aromatic carbocycles. The Morgan fingerprint density at radius 3 is 2.81 bits per heavy atom. The quantitative estimate of drug-likeness (QED) is 0.466. The van der Waals surface area contributed by atoms with Gasteiger partial charge in [0.25, 0.3) is 5.91 Å². The number of pyridine rings is 3. The van der Waals surface area contributed by atoms with Gasteiger partial charge in [0.1, 0.15) is 6.07 Å². The van der Waals surface area contributed by atoms with Crippen LogP contribution < -0.4 is 10.6 Å². The fourth-order valence-electron chi connectivity index (χ4n) is 3.28. The first-order valence-corrected chi connectivity index (χ1v) is 10.2. The summed E-state index contributed by atoms with van der Waals surface area (Å²) in [4.78, 5) is 25.7. The number of nitrogens with one attached hydrogen (secondary N) is 2. The number of hydrogen-bond acceptors (Lipinski definition) is 7. The smallest absolute Gasteiger partial charge is 0.254 e. The molecular weight excluding hydrogens is 404 g/mol. The highest BCUT2D eigenvalue weighted by Crippen LogP contribution is 2.22. The van der Waals surface area contributed by atoms with Crippen LogP contribution in [0.4, 0.5) is 5.69 Å². The van der Waals surface area contributed by atoms with Gasteiger partial charge in [0, 0.05) is 48.8 Å². The third-order valence-electron chi connectivity index (χ3n) is 4.75. The highest BCUT2D eigenvalue weighted by atomic mass is 16.1. The van der Waals surface area contributed by atoms with Gasteiger partial charge in [0.05, 0.1) is 23.0 Å². The third-order valence-corrected chi connectivity index (χ3v) is 4.75. The van der Waals surface area contributed by atoms with Crippen LogP contribution >= 0.6 is 0 Å². The number of aromatic nitrogens is 5. The molecule has 160 valence electrons. The summed E-state index contributed by atoms with van der Waals surface area (Å²) in [5, 5.41) is 20.4. The maximum absolute atomic E-state index is 12.8. The molecule has 0 saturated carbocycles. The lowest BCUT2D eigenvalue weighted by atomic mass is 10.1. The molecule has 0 aliphatic rings. The second kappa shape index (κ2) is 9.22. The summed E-state index contributed by atoms with van der Waals surface area (Å²) in [7, 11) is 0. The number of hydrogen-bond donors (Lipinski definition) is 2. The molecule has 0 bridgehead atoms. The Hall–Kier alpha value is -4.32. The van der Waals surface area contributed by atoms with Crippen LogP contribution in [0.5, 0.6) is 0 Å². The molecule has 0 fully saturated rings. The van der Waals surface area contributed by atoms with Gasteiger partial charge in [-0.15, -0.1) is 0 Å². The predicted molar refractivity (Wildman–Crippen MR) is 120 cm³/mol. The van der Waals surface area contributed by atoms with Crippen LogP contribution in [-0.2, 0) is 6.42 Å². The van der Waals surface area contributed by atoms with E-state index in [2.05, 4.69) is 36.8 Å². The molecule has 4 aromatic heterocycles. The monoisotopic (exact) mass is 426 g/mol. The highest BCUT2D eigenvalue weighted by Gasteiger charge is 2.16. The molecule has 0 aliphatic carbocycles. The Labute approximate surface area is 185 Å². The summed E-state index contributed by atoms with van der Waals surface area (Å²) in [5.74, 6) is 0.311. The fourth-order valence-corrected chi connectivity index (χ4v) is 3.28. The van der Waals surface area contributed by atoms with Crippen LogP contribution in [0.2, 0.25) is 0 Å². The van der Waals surface area contributed by atoms with Crippen molar-refractivity contribution in [2.75, 3.05) is 11.9 Å². The lowest BCUT2D eigenvalue weighted by Crippen LogP contribution is -2.27. The minimum absolute atomic E-state index is 0.109. The van der Waals surface area contributed by atoms with E-state index in [1.54, 1.807) is 35.4 Å². The molecule has 2 N–H and O–H groups in total. The van der Waals surface area contributed by atoms with Gasteiger partial charge >= 0.3 is 0 Å². The zero-order valence-corrected chi connectivity index (χ0v) is 17.8. The van der Waals surface area contributed by atoms with Gasteiger partial charge in [-0.3, -0.25) is 9.78 Å². The zero-order chi connectivity index (χ0) is 22.5.